The van der Waals surface area contributed by atoms with Gasteiger partial charge in [0.2, 0.25) is 0 Å². The van der Waals surface area contributed by atoms with E-state index in [-0.39, 0.29) is 0 Å². The number of hydrogen-bond acceptors (Lipinski definition) is 1. The first-order valence-electron chi connectivity index (χ1n) is 4.65. The van der Waals surface area contributed by atoms with E-state index in [9.17, 15) is 0 Å². The first-order chi connectivity index (χ1) is 6.59. The van der Waals surface area contributed by atoms with Crippen molar-refractivity contribution in [2.24, 2.45) is 16.6 Å². The second-order valence-corrected chi connectivity index (χ2v) is 4.54. The number of rotatable bonds is 3. The van der Waals surface area contributed by atoms with Crippen molar-refractivity contribution in [3.05, 3.63) is 34.3 Å². The molecule has 0 atom stereocenters. The van der Waals surface area contributed by atoms with Gasteiger partial charge in [-0.3, -0.25) is 4.99 Å². The molecule has 0 spiro atoms. The average molecular weight is 255 g/mol. The monoisotopic (exact) mass is 254 g/mol. The van der Waals surface area contributed by atoms with Crippen LogP contribution >= 0.6 is 15.9 Å². The van der Waals surface area contributed by atoms with E-state index in [0.29, 0.717) is 11.8 Å². The maximum Gasteiger partial charge on any atom is 0.125 e. The van der Waals surface area contributed by atoms with Crippen LogP contribution in [0.3, 0.4) is 0 Å². The molecule has 0 unspecified atom stereocenters. The fourth-order valence-electron chi connectivity index (χ4n) is 0.993. The summed E-state index contributed by atoms with van der Waals surface area (Å²) in [4.78, 5) is 4.30. The lowest BCUT2D eigenvalue weighted by molar-refractivity contribution is 0.665. The predicted molar refractivity (Wildman–Crippen MR) is 64.6 cm³/mol. The van der Waals surface area contributed by atoms with Crippen molar-refractivity contribution in [3.8, 4) is 0 Å². The molecule has 2 nitrogen and oxygen atoms in total. The van der Waals surface area contributed by atoms with E-state index in [0.717, 1.165) is 16.6 Å². The third kappa shape index (κ3) is 3.50. The molecule has 0 aliphatic carbocycles. The van der Waals surface area contributed by atoms with Gasteiger partial charge in [-0.25, -0.2) is 0 Å². The van der Waals surface area contributed by atoms with Crippen LogP contribution in [0.2, 0.25) is 0 Å². The SMILES string of the molecule is CC(C)CN=C(N)c1ccc(Br)cc1. The minimum absolute atomic E-state index is 0.545. The van der Waals surface area contributed by atoms with Gasteiger partial charge in [-0.2, -0.15) is 0 Å². The highest BCUT2D eigenvalue weighted by atomic mass is 79.9. The Morgan fingerprint density at radius 1 is 1.36 bits per heavy atom. The fraction of sp³-hybridized carbons (Fsp3) is 0.364. The number of hydrogen-bond donors (Lipinski definition) is 1. The van der Waals surface area contributed by atoms with Crippen molar-refractivity contribution in [1.29, 1.82) is 0 Å². The van der Waals surface area contributed by atoms with Crippen LogP contribution in [0, 0.1) is 5.92 Å². The predicted octanol–water partition coefficient (Wildman–Crippen LogP) is 2.81. The molecule has 0 bridgehead atoms. The third-order valence-electron chi connectivity index (χ3n) is 1.77. The van der Waals surface area contributed by atoms with Gasteiger partial charge in [-0.1, -0.05) is 41.9 Å². The van der Waals surface area contributed by atoms with Crippen molar-refractivity contribution in [3.63, 3.8) is 0 Å². The Kier molecular flexibility index (Phi) is 4.14. The van der Waals surface area contributed by atoms with E-state index in [1.54, 1.807) is 0 Å². The van der Waals surface area contributed by atoms with E-state index in [4.69, 9.17) is 5.73 Å². The van der Waals surface area contributed by atoms with Gasteiger partial charge in [0.25, 0.3) is 0 Å². The minimum Gasteiger partial charge on any atom is -0.384 e. The van der Waals surface area contributed by atoms with Crippen LogP contribution in [-0.2, 0) is 0 Å². The summed E-state index contributed by atoms with van der Waals surface area (Å²) in [6, 6.07) is 7.85. The molecule has 0 amide bonds. The van der Waals surface area contributed by atoms with Crippen LogP contribution in [-0.4, -0.2) is 12.4 Å². The Hall–Kier alpha value is -0.830. The number of benzene rings is 1. The van der Waals surface area contributed by atoms with Crippen LogP contribution in [0.1, 0.15) is 19.4 Å². The Morgan fingerprint density at radius 2 is 1.93 bits per heavy atom. The molecule has 0 aliphatic heterocycles. The van der Waals surface area contributed by atoms with Crippen molar-refractivity contribution >= 4 is 21.8 Å². The number of amidine groups is 1. The molecule has 1 aromatic rings. The Bertz CT molecular complexity index is 315. The van der Waals surface area contributed by atoms with Crippen LogP contribution in [0.25, 0.3) is 0 Å². The van der Waals surface area contributed by atoms with Crippen LogP contribution in [0.5, 0.6) is 0 Å². The first kappa shape index (κ1) is 11.2. The molecule has 0 aromatic heterocycles. The summed E-state index contributed by atoms with van der Waals surface area (Å²) in [5.41, 5.74) is 6.81. The lowest BCUT2D eigenvalue weighted by atomic mass is 10.2. The smallest absolute Gasteiger partial charge is 0.125 e. The summed E-state index contributed by atoms with van der Waals surface area (Å²) in [5, 5.41) is 0. The van der Waals surface area contributed by atoms with E-state index >= 15 is 0 Å². The molecule has 0 saturated heterocycles. The molecule has 2 N–H and O–H groups in total. The fourth-order valence-corrected chi connectivity index (χ4v) is 1.26. The first-order valence-corrected chi connectivity index (χ1v) is 5.44. The average Bonchev–Trinajstić information content (AvgIpc) is 2.15. The van der Waals surface area contributed by atoms with Crippen LogP contribution < -0.4 is 5.73 Å². The van der Waals surface area contributed by atoms with Crippen molar-refractivity contribution in [1.82, 2.24) is 0 Å². The van der Waals surface area contributed by atoms with Gasteiger partial charge in [-0.15, -0.1) is 0 Å². The zero-order chi connectivity index (χ0) is 10.6. The zero-order valence-electron chi connectivity index (χ0n) is 8.50. The number of nitrogens with zero attached hydrogens (tertiary/aromatic N) is 1. The molecule has 0 heterocycles. The molecule has 0 saturated carbocycles. The summed E-state index contributed by atoms with van der Waals surface area (Å²) in [6.07, 6.45) is 0. The Morgan fingerprint density at radius 3 is 2.43 bits per heavy atom. The topological polar surface area (TPSA) is 38.4 Å². The van der Waals surface area contributed by atoms with Gasteiger partial charge >= 0.3 is 0 Å². The molecular weight excluding hydrogens is 240 g/mol. The molecule has 76 valence electrons. The highest BCUT2D eigenvalue weighted by Crippen LogP contribution is 2.10. The molecule has 0 fully saturated rings. The second-order valence-electron chi connectivity index (χ2n) is 3.63. The standard InChI is InChI=1S/C11H15BrN2/c1-8(2)7-14-11(13)9-3-5-10(12)6-4-9/h3-6,8H,7H2,1-2H3,(H2,13,14). The number of aliphatic imine (C=N–C) groups is 1. The maximum absolute atomic E-state index is 5.83. The van der Waals surface area contributed by atoms with Crippen molar-refractivity contribution < 1.29 is 0 Å². The molecule has 1 rings (SSSR count). The molecule has 3 heteroatoms. The van der Waals surface area contributed by atoms with Crippen LogP contribution in [0.15, 0.2) is 33.7 Å². The molecule has 0 aliphatic rings. The molecule has 0 radical (unpaired) electrons. The van der Waals surface area contributed by atoms with Crippen molar-refractivity contribution in [2.75, 3.05) is 6.54 Å². The van der Waals surface area contributed by atoms with Gasteiger partial charge in [0, 0.05) is 16.6 Å². The van der Waals surface area contributed by atoms with E-state index in [1.165, 1.54) is 0 Å². The van der Waals surface area contributed by atoms with Gasteiger partial charge in [0.05, 0.1) is 0 Å². The second kappa shape index (κ2) is 5.15. The summed E-state index contributed by atoms with van der Waals surface area (Å²) in [5.74, 6) is 1.16. The molecular formula is C11H15BrN2. The molecule has 1 aromatic carbocycles. The number of halogens is 1. The highest BCUT2D eigenvalue weighted by molar-refractivity contribution is 9.10. The number of nitrogens with two attached hydrogens (primary N) is 1. The summed E-state index contributed by atoms with van der Waals surface area (Å²) < 4.78 is 1.05. The van der Waals surface area contributed by atoms with Gasteiger partial charge in [-0.05, 0) is 18.1 Å². The van der Waals surface area contributed by atoms with Crippen LogP contribution in [0.4, 0.5) is 0 Å². The van der Waals surface area contributed by atoms with Gasteiger partial charge in [0.1, 0.15) is 5.84 Å². The third-order valence-corrected chi connectivity index (χ3v) is 2.30. The van der Waals surface area contributed by atoms with Gasteiger partial charge < -0.3 is 5.73 Å². The lowest BCUT2D eigenvalue weighted by Crippen LogP contribution is -2.14. The lowest BCUT2D eigenvalue weighted by Gasteiger charge is -2.03. The Labute approximate surface area is 93.4 Å². The van der Waals surface area contributed by atoms with Gasteiger partial charge in [0.15, 0.2) is 0 Å². The maximum atomic E-state index is 5.83. The minimum atomic E-state index is 0.545. The molecule has 14 heavy (non-hydrogen) atoms. The summed E-state index contributed by atoms with van der Waals surface area (Å²) in [6.45, 7) is 5.03. The normalized spacial score (nSPS) is 12.1. The quantitative estimate of drug-likeness (QED) is 0.654. The summed E-state index contributed by atoms with van der Waals surface area (Å²) >= 11 is 3.38. The van der Waals surface area contributed by atoms with E-state index in [2.05, 4.69) is 34.8 Å². The summed E-state index contributed by atoms with van der Waals surface area (Å²) in [7, 11) is 0. The van der Waals surface area contributed by atoms with E-state index < -0.39 is 0 Å². The Balaban J connectivity index is 2.73. The largest absolute Gasteiger partial charge is 0.384 e. The van der Waals surface area contributed by atoms with E-state index in [1.807, 2.05) is 24.3 Å². The zero-order valence-corrected chi connectivity index (χ0v) is 10.1. The highest BCUT2D eigenvalue weighted by Gasteiger charge is 1.98. The van der Waals surface area contributed by atoms with Crippen molar-refractivity contribution in [2.45, 2.75) is 13.8 Å².